The van der Waals surface area contributed by atoms with Crippen molar-refractivity contribution in [2.45, 2.75) is 17.9 Å². The van der Waals surface area contributed by atoms with Crippen molar-refractivity contribution in [2.24, 2.45) is 10.7 Å². The third kappa shape index (κ3) is 6.68. The normalized spacial score (nSPS) is 17.9. The highest BCUT2D eigenvalue weighted by molar-refractivity contribution is 7.84. The number of nitrogens with zero attached hydrogens (tertiary/aromatic N) is 2. The van der Waals surface area contributed by atoms with Gasteiger partial charge in [-0.05, 0) is 30.7 Å². The van der Waals surface area contributed by atoms with Gasteiger partial charge in [-0.25, -0.2) is 4.99 Å². The molecule has 6 nitrogen and oxygen atoms in total. The summed E-state index contributed by atoms with van der Waals surface area (Å²) in [6.07, 6.45) is 2.71. The van der Waals surface area contributed by atoms with Crippen LogP contribution in [-0.4, -0.2) is 60.7 Å². The van der Waals surface area contributed by atoms with Crippen LogP contribution in [-0.2, 0) is 22.1 Å². The van der Waals surface area contributed by atoms with Gasteiger partial charge >= 0.3 is 0 Å². The number of hydrogen-bond donors (Lipinski definition) is 2. The van der Waals surface area contributed by atoms with E-state index < -0.39 is 10.8 Å². The quantitative estimate of drug-likeness (QED) is 0.431. The molecule has 7 heteroatoms. The molecule has 3 N–H and O–H groups in total. The van der Waals surface area contributed by atoms with Crippen molar-refractivity contribution in [3.63, 3.8) is 0 Å². The Labute approximate surface area is 140 Å². The van der Waals surface area contributed by atoms with Gasteiger partial charge in [0.15, 0.2) is 5.96 Å². The Balaban J connectivity index is 1.65. The van der Waals surface area contributed by atoms with E-state index in [9.17, 15) is 4.21 Å². The van der Waals surface area contributed by atoms with E-state index >= 15 is 0 Å². The molecular formula is C16H26N4O2S. The SMILES string of the molecule is CS(=O)c1ccc(CN=C(N)NCCCN2CCOCC2)cc1. The zero-order chi connectivity index (χ0) is 16.5. The monoisotopic (exact) mass is 338 g/mol. The molecule has 1 fully saturated rings. The molecule has 1 atom stereocenters. The molecule has 0 aromatic heterocycles. The highest BCUT2D eigenvalue weighted by atomic mass is 32.2. The number of rotatable bonds is 7. The molecule has 1 heterocycles. The van der Waals surface area contributed by atoms with Gasteiger partial charge in [0.05, 0.1) is 19.8 Å². The van der Waals surface area contributed by atoms with Gasteiger partial charge in [0.25, 0.3) is 0 Å². The topological polar surface area (TPSA) is 80.0 Å². The lowest BCUT2D eigenvalue weighted by Crippen LogP contribution is -2.39. The Morgan fingerprint density at radius 2 is 2.04 bits per heavy atom. The van der Waals surface area contributed by atoms with Gasteiger partial charge in [0.2, 0.25) is 0 Å². The maximum Gasteiger partial charge on any atom is 0.188 e. The second-order valence-electron chi connectivity index (χ2n) is 5.53. The second-order valence-corrected chi connectivity index (χ2v) is 6.91. The summed E-state index contributed by atoms with van der Waals surface area (Å²) < 4.78 is 16.7. The minimum Gasteiger partial charge on any atom is -0.379 e. The van der Waals surface area contributed by atoms with E-state index in [1.165, 1.54) is 0 Å². The van der Waals surface area contributed by atoms with Crippen LogP contribution in [0.3, 0.4) is 0 Å². The zero-order valence-corrected chi connectivity index (χ0v) is 14.5. The number of ether oxygens (including phenoxy) is 1. The summed E-state index contributed by atoms with van der Waals surface area (Å²) in [6.45, 7) is 6.10. The third-order valence-electron chi connectivity index (χ3n) is 3.75. The maximum absolute atomic E-state index is 11.3. The minimum atomic E-state index is -0.942. The van der Waals surface area contributed by atoms with Crippen LogP contribution in [0, 0.1) is 0 Å². The first kappa shape index (κ1) is 17.9. The van der Waals surface area contributed by atoms with Gasteiger partial charge in [-0.2, -0.15) is 0 Å². The van der Waals surface area contributed by atoms with Gasteiger partial charge in [-0.15, -0.1) is 0 Å². The molecule has 1 aromatic rings. The fourth-order valence-corrected chi connectivity index (χ4v) is 2.88. The predicted octanol–water partition coefficient (Wildman–Crippen LogP) is 0.551. The lowest BCUT2D eigenvalue weighted by molar-refractivity contribution is 0.0376. The molecule has 0 aliphatic carbocycles. The Morgan fingerprint density at radius 3 is 2.70 bits per heavy atom. The summed E-state index contributed by atoms with van der Waals surface area (Å²) in [5.41, 5.74) is 6.93. The average Bonchev–Trinajstić information content (AvgIpc) is 2.58. The molecular weight excluding hydrogens is 312 g/mol. The largest absolute Gasteiger partial charge is 0.379 e. The number of morpholine rings is 1. The first-order chi connectivity index (χ1) is 11.1. The van der Waals surface area contributed by atoms with E-state index in [-0.39, 0.29) is 0 Å². The predicted molar refractivity (Wildman–Crippen MR) is 94.0 cm³/mol. The Bertz CT molecular complexity index is 527. The van der Waals surface area contributed by atoms with Gasteiger partial charge < -0.3 is 15.8 Å². The van der Waals surface area contributed by atoms with Crippen LogP contribution in [0.1, 0.15) is 12.0 Å². The standard InChI is InChI=1S/C16H26N4O2S/c1-23(21)15-5-3-14(4-6-15)13-19-16(17)18-7-2-8-20-9-11-22-12-10-20/h3-6H,2,7-13H2,1H3,(H3,17,18,19). The summed E-state index contributed by atoms with van der Waals surface area (Å²) in [5, 5.41) is 3.14. The van der Waals surface area contributed by atoms with Crippen LogP contribution in [0.25, 0.3) is 0 Å². The fourth-order valence-electron chi connectivity index (χ4n) is 2.36. The van der Waals surface area contributed by atoms with E-state index in [4.69, 9.17) is 10.5 Å². The van der Waals surface area contributed by atoms with E-state index in [2.05, 4.69) is 15.2 Å². The highest BCUT2D eigenvalue weighted by Crippen LogP contribution is 2.08. The molecule has 1 aliphatic rings. The molecule has 1 aromatic carbocycles. The first-order valence-electron chi connectivity index (χ1n) is 7.91. The number of aliphatic imine (C=N–C) groups is 1. The van der Waals surface area contributed by atoms with Crippen LogP contribution < -0.4 is 11.1 Å². The third-order valence-corrected chi connectivity index (χ3v) is 4.68. The lowest BCUT2D eigenvalue weighted by Gasteiger charge is -2.26. The zero-order valence-electron chi connectivity index (χ0n) is 13.7. The van der Waals surface area contributed by atoms with Crippen molar-refractivity contribution >= 4 is 16.8 Å². The molecule has 1 saturated heterocycles. The van der Waals surface area contributed by atoms with Crippen molar-refractivity contribution in [1.82, 2.24) is 10.2 Å². The van der Waals surface area contributed by atoms with Gasteiger partial charge in [0, 0.05) is 41.6 Å². The number of hydrogen-bond acceptors (Lipinski definition) is 4. The molecule has 0 bridgehead atoms. The van der Waals surface area contributed by atoms with Crippen molar-refractivity contribution in [1.29, 1.82) is 0 Å². The number of nitrogens with two attached hydrogens (primary N) is 1. The smallest absolute Gasteiger partial charge is 0.188 e. The van der Waals surface area contributed by atoms with Gasteiger partial charge in [-0.3, -0.25) is 9.11 Å². The van der Waals surface area contributed by atoms with Crippen molar-refractivity contribution < 1.29 is 8.95 Å². The van der Waals surface area contributed by atoms with Crippen LogP contribution in [0.2, 0.25) is 0 Å². The van der Waals surface area contributed by atoms with E-state index in [0.29, 0.717) is 12.5 Å². The van der Waals surface area contributed by atoms with E-state index in [1.807, 2.05) is 24.3 Å². The summed E-state index contributed by atoms with van der Waals surface area (Å²) in [6, 6.07) is 7.61. The van der Waals surface area contributed by atoms with E-state index in [0.717, 1.165) is 56.3 Å². The van der Waals surface area contributed by atoms with Crippen molar-refractivity contribution in [3.8, 4) is 0 Å². The molecule has 0 saturated carbocycles. The average molecular weight is 338 g/mol. The lowest BCUT2D eigenvalue weighted by atomic mass is 10.2. The Kier molecular flexibility index (Phi) is 7.51. The molecule has 0 spiro atoms. The molecule has 1 unspecified atom stereocenters. The summed E-state index contributed by atoms with van der Waals surface area (Å²) >= 11 is 0. The van der Waals surface area contributed by atoms with E-state index in [1.54, 1.807) is 6.26 Å². The van der Waals surface area contributed by atoms with Crippen LogP contribution in [0.4, 0.5) is 0 Å². The number of nitrogens with one attached hydrogen (secondary N) is 1. The number of guanidine groups is 1. The number of benzene rings is 1. The second kappa shape index (κ2) is 9.64. The summed E-state index contributed by atoms with van der Waals surface area (Å²) in [4.78, 5) is 7.55. The molecule has 23 heavy (non-hydrogen) atoms. The van der Waals surface area contributed by atoms with Crippen LogP contribution in [0.15, 0.2) is 34.2 Å². The minimum absolute atomic E-state index is 0.468. The molecule has 128 valence electrons. The molecule has 1 aliphatic heterocycles. The molecule has 0 radical (unpaired) electrons. The van der Waals surface area contributed by atoms with Crippen molar-refractivity contribution in [3.05, 3.63) is 29.8 Å². The van der Waals surface area contributed by atoms with Crippen molar-refractivity contribution in [2.75, 3.05) is 45.6 Å². The Hall–Kier alpha value is -1.44. The molecule has 0 amide bonds. The maximum atomic E-state index is 11.3. The Morgan fingerprint density at radius 1 is 1.35 bits per heavy atom. The van der Waals surface area contributed by atoms with Crippen LogP contribution in [0.5, 0.6) is 0 Å². The molecule has 2 rings (SSSR count). The van der Waals surface area contributed by atoms with Crippen LogP contribution >= 0.6 is 0 Å². The van der Waals surface area contributed by atoms with Gasteiger partial charge in [-0.1, -0.05) is 12.1 Å². The first-order valence-corrected chi connectivity index (χ1v) is 9.47. The summed E-state index contributed by atoms with van der Waals surface area (Å²) in [5.74, 6) is 0.468. The van der Waals surface area contributed by atoms with Gasteiger partial charge in [0.1, 0.15) is 0 Å². The fraction of sp³-hybridized carbons (Fsp3) is 0.562. The summed E-state index contributed by atoms with van der Waals surface area (Å²) in [7, 11) is -0.942. The highest BCUT2D eigenvalue weighted by Gasteiger charge is 2.08.